The molecule has 0 saturated carbocycles. The van der Waals surface area contributed by atoms with Crippen LogP contribution in [0.15, 0.2) is 42.7 Å². The Morgan fingerprint density at radius 1 is 1.35 bits per heavy atom. The standard InChI is InChI=1S/C16H19N3O4/c1-2-19-10-13(9-17-19)14(8-15(20)21)18-16(22)23-11-12-6-4-3-5-7-12/h3-7,9-10,14H,2,8,11H2,1H3,(H,18,22)(H,20,21). The highest BCUT2D eigenvalue weighted by atomic mass is 16.5. The Hall–Kier alpha value is -2.83. The van der Waals surface area contributed by atoms with Crippen LogP contribution in [0, 0.1) is 0 Å². The van der Waals surface area contributed by atoms with E-state index in [0.29, 0.717) is 12.1 Å². The van der Waals surface area contributed by atoms with E-state index in [1.165, 1.54) is 0 Å². The Balaban J connectivity index is 1.96. The molecule has 122 valence electrons. The van der Waals surface area contributed by atoms with Gasteiger partial charge in [-0.05, 0) is 12.5 Å². The summed E-state index contributed by atoms with van der Waals surface area (Å²) in [7, 11) is 0. The molecule has 7 heteroatoms. The van der Waals surface area contributed by atoms with E-state index in [9.17, 15) is 9.59 Å². The van der Waals surface area contributed by atoms with E-state index < -0.39 is 18.1 Å². The van der Waals surface area contributed by atoms with Gasteiger partial charge in [0.2, 0.25) is 0 Å². The molecule has 0 aliphatic heterocycles. The molecular weight excluding hydrogens is 298 g/mol. The van der Waals surface area contributed by atoms with Crippen molar-refractivity contribution >= 4 is 12.1 Å². The van der Waals surface area contributed by atoms with Gasteiger partial charge >= 0.3 is 12.1 Å². The van der Waals surface area contributed by atoms with Crippen LogP contribution in [0.4, 0.5) is 4.79 Å². The third-order valence-corrected chi connectivity index (χ3v) is 3.26. The average molecular weight is 317 g/mol. The number of carboxylic acids is 1. The molecule has 1 unspecified atom stereocenters. The lowest BCUT2D eigenvalue weighted by atomic mass is 10.1. The van der Waals surface area contributed by atoms with Crippen molar-refractivity contribution in [1.29, 1.82) is 0 Å². The summed E-state index contributed by atoms with van der Waals surface area (Å²) in [6.07, 6.45) is 2.36. The SMILES string of the molecule is CCn1cc(C(CC(=O)O)NC(=O)OCc2ccccc2)cn1. The summed E-state index contributed by atoms with van der Waals surface area (Å²) in [4.78, 5) is 22.9. The Bertz CT molecular complexity index is 654. The number of alkyl carbamates (subject to hydrolysis) is 1. The summed E-state index contributed by atoms with van der Waals surface area (Å²) < 4.78 is 6.79. The predicted molar refractivity (Wildman–Crippen MR) is 82.7 cm³/mol. The highest BCUT2D eigenvalue weighted by Gasteiger charge is 2.20. The van der Waals surface area contributed by atoms with E-state index in [4.69, 9.17) is 9.84 Å². The summed E-state index contributed by atoms with van der Waals surface area (Å²) in [6, 6.07) is 8.57. The van der Waals surface area contributed by atoms with Crippen LogP contribution in [0.25, 0.3) is 0 Å². The van der Waals surface area contributed by atoms with Crippen molar-refractivity contribution in [1.82, 2.24) is 15.1 Å². The number of hydrogen-bond donors (Lipinski definition) is 2. The number of ether oxygens (including phenoxy) is 1. The van der Waals surface area contributed by atoms with Crippen molar-refractivity contribution in [2.75, 3.05) is 0 Å². The first-order valence-electron chi connectivity index (χ1n) is 7.30. The minimum atomic E-state index is -1.01. The van der Waals surface area contributed by atoms with Crippen LogP contribution in [-0.2, 0) is 22.7 Å². The highest BCUT2D eigenvalue weighted by Crippen LogP contribution is 2.16. The first-order valence-corrected chi connectivity index (χ1v) is 7.30. The fourth-order valence-corrected chi connectivity index (χ4v) is 2.07. The van der Waals surface area contributed by atoms with Crippen LogP contribution in [0.1, 0.15) is 30.5 Å². The molecule has 0 saturated heterocycles. The zero-order chi connectivity index (χ0) is 16.7. The molecule has 1 aromatic heterocycles. The Kier molecular flexibility index (Phi) is 5.74. The molecule has 2 aromatic rings. The van der Waals surface area contributed by atoms with Crippen molar-refractivity contribution in [3.63, 3.8) is 0 Å². The van der Waals surface area contributed by atoms with E-state index in [2.05, 4.69) is 10.4 Å². The minimum Gasteiger partial charge on any atom is -0.481 e. The second-order valence-corrected chi connectivity index (χ2v) is 4.99. The number of aromatic nitrogens is 2. The number of aliphatic carboxylic acids is 1. The number of carbonyl (C=O) groups is 2. The Morgan fingerprint density at radius 2 is 2.09 bits per heavy atom. The van der Waals surface area contributed by atoms with Crippen LogP contribution < -0.4 is 5.32 Å². The topological polar surface area (TPSA) is 93.5 Å². The maximum atomic E-state index is 11.9. The van der Waals surface area contributed by atoms with Gasteiger partial charge in [-0.3, -0.25) is 9.48 Å². The molecular formula is C16H19N3O4. The lowest BCUT2D eigenvalue weighted by molar-refractivity contribution is -0.137. The van der Waals surface area contributed by atoms with Crippen LogP contribution in [-0.4, -0.2) is 26.9 Å². The average Bonchev–Trinajstić information content (AvgIpc) is 3.02. The number of amides is 1. The lowest BCUT2D eigenvalue weighted by Crippen LogP contribution is -2.30. The van der Waals surface area contributed by atoms with E-state index >= 15 is 0 Å². The molecule has 0 bridgehead atoms. The molecule has 7 nitrogen and oxygen atoms in total. The van der Waals surface area contributed by atoms with Gasteiger partial charge in [0.05, 0.1) is 18.7 Å². The zero-order valence-electron chi connectivity index (χ0n) is 12.8. The number of hydrogen-bond acceptors (Lipinski definition) is 4. The van der Waals surface area contributed by atoms with Crippen molar-refractivity contribution in [2.45, 2.75) is 32.5 Å². The van der Waals surface area contributed by atoms with E-state index in [1.807, 2.05) is 37.3 Å². The summed E-state index contributed by atoms with van der Waals surface area (Å²) >= 11 is 0. The van der Waals surface area contributed by atoms with Crippen molar-refractivity contribution in [3.05, 3.63) is 53.9 Å². The highest BCUT2D eigenvalue weighted by molar-refractivity contribution is 5.71. The molecule has 2 rings (SSSR count). The van der Waals surface area contributed by atoms with Crippen LogP contribution in [0.5, 0.6) is 0 Å². The molecule has 2 N–H and O–H groups in total. The molecule has 0 aliphatic carbocycles. The van der Waals surface area contributed by atoms with E-state index in [0.717, 1.165) is 5.56 Å². The molecule has 0 spiro atoms. The maximum absolute atomic E-state index is 11.9. The van der Waals surface area contributed by atoms with Crippen LogP contribution in [0.2, 0.25) is 0 Å². The van der Waals surface area contributed by atoms with Crippen LogP contribution >= 0.6 is 0 Å². The second kappa shape index (κ2) is 7.98. The molecule has 0 radical (unpaired) electrons. The molecule has 0 fully saturated rings. The largest absolute Gasteiger partial charge is 0.481 e. The Labute approximate surface area is 133 Å². The van der Waals surface area contributed by atoms with Gasteiger partial charge < -0.3 is 15.2 Å². The van der Waals surface area contributed by atoms with Crippen LogP contribution in [0.3, 0.4) is 0 Å². The zero-order valence-corrected chi connectivity index (χ0v) is 12.8. The van der Waals surface area contributed by atoms with Gasteiger partial charge in [0.25, 0.3) is 0 Å². The minimum absolute atomic E-state index is 0.126. The predicted octanol–water partition coefficient (Wildman–Crippen LogP) is 2.35. The number of carbonyl (C=O) groups excluding carboxylic acids is 1. The van der Waals surface area contributed by atoms with Gasteiger partial charge in [0.1, 0.15) is 6.61 Å². The fourth-order valence-electron chi connectivity index (χ4n) is 2.07. The van der Waals surface area contributed by atoms with Crippen molar-refractivity contribution in [3.8, 4) is 0 Å². The van der Waals surface area contributed by atoms with Gasteiger partial charge in [0, 0.05) is 18.3 Å². The lowest BCUT2D eigenvalue weighted by Gasteiger charge is -2.15. The van der Waals surface area contributed by atoms with E-state index in [-0.39, 0.29) is 13.0 Å². The third kappa shape index (κ3) is 5.14. The molecule has 1 aromatic carbocycles. The summed E-state index contributed by atoms with van der Waals surface area (Å²) in [5.74, 6) is -1.01. The number of nitrogens with one attached hydrogen (secondary N) is 1. The first-order chi connectivity index (χ1) is 11.1. The molecule has 1 heterocycles. The van der Waals surface area contributed by atoms with Crippen molar-refractivity contribution in [2.24, 2.45) is 0 Å². The Morgan fingerprint density at radius 3 is 2.70 bits per heavy atom. The normalized spacial score (nSPS) is 11.7. The van der Waals surface area contributed by atoms with Gasteiger partial charge in [-0.15, -0.1) is 0 Å². The number of carboxylic acid groups (broad SMARTS) is 1. The fraction of sp³-hybridized carbons (Fsp3) is 0.312. The smallest absolute Gasteiger partial charge is 0.407 e. The maximum Gasteiger partial charge on any atom is 0.407 e. The summed E-state index contributed by atoms with van der Waals surface area (Å²) in [6.45, 7) is 2.71. The summed E-state index contributed by atoms with van der Waals surface area (Å²) in [5, 5.41) is 15.7. The van der Waals surface area contributed by atoms with Crippen molar-refractivity contribution < 1.29 is 19.4 Å². The first kappa shape index (κ1) is 16.5. The number of aryl methyl sites for hydroxylation is 1. The van der Waals surface area contributed by atoms with Gasteiger partial charge in [-0.2, -0.15) is 5.10 Å². The number of rotatable bonds is 7. The quantitative estimate of drug-likeness (QED) is 0.817. The third-order valence-electron chi connectivity index (χ3n) is 3.26. The second-order valence-electron chi connectivity index (χ2n) is 4.99. The molecule has 23 heavy (non-hydrogen) atoms. The van der Waals surface area contributed by atoms with Gasteiger partial charge in [0.15, 0.2) is 0 Å². The number of nitrogens with zero attached hydrogens (tertiary/aromatic N) is 2. The summed E-state index contributed by atoms with van der Waals surface area (Å²) in [5.41, 5.74) is 1.49. The van der Waals surface area contributed by atoms with Gasteiger partial charge in [-0.25, -0.2) is 4.79 Å². The molecule has 1 atom stereocenters. The van der Waals surface area contributed by atoms with Gasteiger partial charge in [-0.1, -0.05) is 30.3 Å². The monoisotopic (exact) mass is 317 g/mol. The number of benzene rings is 1. The molecule has 1 amide bonds. The van der Waals surface area contributed by atoms with E-state index in [1.54, 1.807) is 17.1 Å². The molecule has 0 aliphatic rings.